The molecule has 0 aliphatic carbocycles. The highest BCUT2D eigenvalue weighted by Gasteiger charge is 2.27. The number of likely N-dealkylation sites (N-methyl/N-ethyl adjacent to an activating group) is 1. The van der Waals surface area contributed by atoms with Crippen LogP contribution in [-0.2, 0) is 32.7 Å². The monoisotopic (exact) mass is 1010 g/mol. The van der Waals surface area contributed by atoms with Gasteiger partial charge in [-0.2, -0.15) is 0 Å². The van der Waals surface area contributed by atoms with Crippen LogP contribution in [0.2, 0.25) is 0 Å². The van der Waals surface area contributed by atoms with Gasteiger partial charge in [-0.3, -0.25) is 18.6 Å². The van der Waals surface area contributed by atoms with E-state index in [1.807, 2.05) is 21.1 Å². The van der Waals surface area contributed by atoms with Gasteiger partial charge in [0, 0.05) is 12.8 Å². The maximum absolute atomic E-state index is 12.7. The first kappa shape index (κ1) is 68.2. The number of carbonyl (C=O) groups is 2. The average Bonchev–Trinajstić information content (AvgIpc) is 3.32. The second kappa shape index (κ2) is 52.1. The molecule has 0 spiro atoms. The van der Waals surface area contributed by atoms with Crippen LogP contribution in [0.5, 0.6) is 0 Å². The SMILES string of the molecule is CCCCCCC/C=C\C/C=C\C/C=C\CCCCCCCCCCCCCCCCCCCCCCCCCCCCC(=O)OC(COC(=O)CCCCCCC)COP(=O)(O)OCC[N+](C)(C)C. The fraction of sp³-hybridized carbons (Fsp3) is 0.867. The number of esters is 2. The highest BCUT2D eigenvalue weighted by Crippen LogP contribution is 2.43. The van der Waals surface area contributed by atoms with E-state index < -0.39 is 26.5 Å². The van der Waals surface area contributed by atoms with Gasteiger partial charge in [-0.05, 0) is 51.4 Å². The van der Waals surface area contributed by atoms with E-state index in [-0.39, 0.29) is 32.0 Å². The summed E-state index contributed by atoms with van der Waals surface area (Å²) in [6.07, 6.45) is 64.6. The Morgan fingerprint density at radius 3 is 1.14 bits per heavy atom. The zero-order chi connectivity index (χ0) is 51.3. The number of quaternary nitrogens is 1. The van der Waals surface area contributed by atoms with Crippen molar-refractivity contribution in [2.24, 2.45) is 0 Å². The predicted molar refractivity (Wildman–Crippen MR) is 298 cm³/mol. The average molecular weight is 1010 g/mol. The van der Waals surface area contributed by atoms with E-state index in [4.69, 9.17) is 18.5 Å². The second-order valence-corrected chi connectivity index (χ2v) is 22.8. The molecule has 0 saturated heterocycles. The molecule has 70 heavy (non-hydrogen) atoms. The van der Waals surface area contributed by atoms with Crippen molar-refractivity contribution in [3.8, 4) is 0 Å². The van der Waals surface area contributed by atoms with E-state index >= 15 is 0 Å². The first-order chi connectivity index (χ1) is 34.0. The molecule has 0 aliphatic rings. The summed E-state index contributed by atoms with van der Waals surface area (Å²) in [6, 6.07) is 0. The standard InChI is InChI=1S/C60H114NO8P/c1-6-8-10-12-13-14-15-16-17-18-19-20-21-22-23-24-25-26-27-28-29-30-31-32-33-34-35-36-37-38-39-40-41-42-43-44-45-46-47-49-51-53-60(63)69-58(56-66-59(62)52-50-48-11-9-7-2)57-68-70(64,65)67-55-54-61(3,4)5/h15-16,18-19,21-22,58H,6-14,17,20,23-57H2,1-5H3/p+1/b16-15-,19-18-,22-21-. The topological polar surface area (TPSA) is 108 Å². The molecule has 0 rings (SSSR count). The molecule has 0 aromatic rings. The highest BCUT2D eigenvalue weighted by atomic mass is 31.2. The number of phosphoric acid groups is 1. The number of hydrogen-bond acceptors (Lipinski definition) is 7. The molecule has 0 aromatic heterocycles. The maximum atomic E-state index is 12.7. The number of unbranched alkanes of at least 4 members (excludes halogenated alkanes) is 35. The molecule has 0 bridgehead atoms. The highest BCUT2D eigenvalue weighted by molar-refractivity contribution is 7.47. The molecular weight excluding hydrogens is 894 g/mol. The fourth-order valence-corrected chi connectivity index (χ4v) is 9.30. The van der Waals surface area contributed by atoms with Gasteiger partial charge in [0.15, 0.2) is 6.10 Å². The van der Waals surface area contributed by atoms with Crippen LogP contribution in [0.1, 0.15) is 284 Å². The Labute approximate surface area is 433 Å². The van der Waals surface area contributed by atoms with Crippen molar-refractivity contribution in [1.82, 2.24) is 0 Å². The first-order valence-corrected chi connectivity index (χ1v) is 31.2. The summed E-state index contributed by atoms with van der Waals surface area (Å²) < 4.78 is 34.2. The molecule has 0 saturated carbocycles. The lowest BCUT2D eigenvalue weighted by molar-refractivity contribution is -0.870. The predicted octanol–water partition coefficient (Wildman–Crippen LogP) is 18.4. The van der Waals surface area contributed by atoms with E-state index in [0.717, 1.165) is 57.8 Å². The van der Waals surface area contributed by atoms with Gasteiger partial charge in [0.25, 0.3) is 0 Å². The molecule has 9 nitrogen and oxygen atoms in total. The summed E-state index contributed by atoms with van der Waals surface area (Å²) >= 11 is 0. The summed E-state index contributed by atoms with van der Waals surface area (Å²) in [6.45, 7) is 4.34. The molecule has 10 heteroatoms. The normalized spacial score (nSPS) is 13.5. The van der Waals surface area contributed by atoms with Crippen molar-refractivity contribution in [3.05, 3.63) is 36.5 Å². The third kappa shape index (κ3) is 55.5. The summed E-state index contributed by atoms with van der Waals surface area (Å²) in [7, 11) is 1.49. The Balaban J connectivity index is 3.69. The number of ether oxygens (including phenoxy) is 2. The molecule has 0 heterocycles. The molecule has 0 amide bonds. The summed E-state index contributed by atoms with van der Waals surface area (Å²) in [4.78, 5) is 35.2. The van der Waals surface area contributed by atoms with Crippen LogP contribution in [0.25, 0.3) is 0 Å². The number of phosphoric ester groups is 1. The molecule has 1 N–H and O–H groups in total. The molecular formula is C60H115NO8P+. The lowest BCUT2D eigenvalue weighted by Gasteiger charge is -2.24. The van der Waals surface area contributed by atoms with Crippen LogP contribution in [0.4, 0.5) is 0 Å². The quantitative estimate of drug-likeness (QED) is 0.0211. The minimum atomic E-state index is -4.36. The molecule has 2 unspecified atom stereocenters. The van der Waals surface area contributed by atoms with Gasteiger partial charge in [-0.15, -0.1) is 0 Å². The number of hydrogen-bond donors (Lipinski definition) is 1. The van der Waals surface area contributed by atoms with Gasteiger partial charge in [-0.1, -0.05) is 256 Å². The number of carbonyl (C=O) groups excluding carboxylic acids is 2. The first-order valence-electron chi connectivity index (χ1n) is 29.7. The minimum absolute atomic E-state index is 0.0344. The van der Waals surface area contributed by atoms with Crippen LogP contribution in [0.3, 0.4) is 0 Å². The zero-order valence-corrected chi connectivity index (χ0v) is 47.7. The van der Waals surface area contributed by atoms with Gasteiger partial charge in [0.1, 0.15) is 19.8 Å². The molecule has 0 radical (unpaired) electrons. The molecule has 0 aliphatic heterocycles. The number of rotatable bonds is 55. The lowest BCUT2D eigenvalue weighted by atomic mass is 10.0. The zero-order valence-electron chi connectivity index (χ0n) is 46.8. The van der Waals surface area contributed by atoms with E-state index in [9.17, 15) is 19.0 Å². The van der Waals surface area contributed by atoms with Gasteiger partial charge < -0.3 is 18.9 Å². The van der Waals surface area contributed by atoms with Crippen LogP contribution in [-0.4, -0.2) is 74.9 Å². The van der Waals surface area contributed by atoms with E-state index in [1.165, 1.54) is 193 Å². The number of allylic oxidation sites excluding steroid dienone is 6. The summed E-state index contributed by atoms with van der Waals surface area (Å²) in [5.74, 6) is -0.800. The van der Waals surface area contributed by atoms with Gasteiger partial charge in [0.05, 0.1) is 27.7 Å². The van der Waals surface area contributed by atoms with Gasteiger partial charge in [-0.25, -0.2) is 4.57 Å². The largest absolute Gasteiger partial charge is 0.472 e. The van der Waals surface area contributed by atoms with Crippen LogP contribution in [0, 0.1) is 0 Å². The fourth-order valence-electron chi connectivity index (χ4n) is 8.55. The summed E-state index contributed by atoms with van der Waals surface area (Å²) in [5, 5.41) is 0. The van der Waals surface area contributed by atoms with Crippen molar-refractivity contribution in [3.63, 3.8) is 0 Å². The van der Waals surface area contributed by atoms with Crippen molar-refractivity contribution in [2.75, 3.05) is 47.5 Å². The van der Waals surface area contributed by atoms with Gasteiger partial charge in [0.2, 0.25) is 0 Å². The Kier molecular flexibility index (Phi) is 50.8. The third-order valence-corrected chi connectivity index (χ3v) is 14.2. The second-order valence-electron chi connectivity index (χ2n) is 21.4. The Bertz CT molecular complexity index is 1280. The minimum Gasteiger partial charge on any atom is -0.462 e. The molecule has 412 valence electrons. The van der Waals surface area contributed by atoms with E-state index in [2.05, 4.69) is 50.3 Å². The summed E-state index contributed by atoms with van der Waals surface area (Å²) in [5.41, 5.74) is 0. The molecule has 0 fully saturated rings. The molecule has 2 atom stereocenters. The maximum Gasteiger partial charge on any atom is 0.472 e. The Hall–Kier alpha value is -1.77. The molecule has 0 aromatic carbocycles. The van der Waals surface area contributed by atoms with E-state index in [0.29, 0.717) is 17.4 Å². The number of nitrogens with zero attached hydrogens (tertiary/aromatic N) is 1. The van der Waals surface area contributed by atoms with Crippen LogP contribution < -0.4 is 0 Å². The smallest absolute Gasteiger partial charge is 0.462 e. The van der Waals surface area contributed by atoms with Crippen LogP contribution in [0.15, 0.2) is 36.5 Å². The Morgan fingerprint density at radius 1 is 0.443 bits per heavy atom. The van der Waals surface area contributed by atoms with E-state index in [1.54, 1.807) is 0 Å². The van der Waals surface area contributed by atoms with Crippen molar-refractivity contribution >= 4 is 19.8 Å². The van der Waals surface area contributed by atoms with Crippen molar-refractivity contribution in [2.45, 2.75) is 290 Å². The third-order valence-electron chi connectivity index (χ3n) is 13.2. The van der Waals surface area contributed by atoms with Crippen molar-refractivity contribution in [1.29, 1.82) is 0 Å². The van der Waals surface area contributed by atoms with Crippen molar-refractivity contribution < 1.29 is 42.1 Å². The van der Waals surface area contributed by atoms with Crippen LogP contribution >= 0.6 is 7.82 Å². The van der Waals surface area contributed by atoms with Gasteiger partial charge >= 0.3 is 19.8 Å². The Morgan fingerprint density at radius 2 is 0.771 bits per heavy atom. The lowest BCUT2D eigenvalue weighted by Crippen LogP contribution is -2.37.